The molecule has 2 atom stereocenters. The Labute approximate surface area is 124 Å². The van der Waals surface area contributed by atoms with Crippen LogP contribution in [0.5, 0.6) is 0 Å². The molecule has 6 nitrogen and oxygen atoms in total. The van der Waals surface area contributed by atoms with Crippen LogP contribution in [-0.4, -0.2) is 49.7 Å². The molecule has 116 valence electrons. The summed E-state index contributed by atoms with van der Waals surface area (Å²) in [6.45, 7) is 3.64. The average molecular weight is 312 g/mol. The van der Waals surface area contributed by atoms with Crippen LogP contribution in [0.4, 0.5) is 0 Å². The molecule has 1 saturated heterocycles. The van der Waals surface area contributed by atoms with Gasteiger partial charge in [0.2, 0.25) is 10.0 Å². The summed E-state index contributed by atoms with van der Waals surface area (Å²) in [7, 11) is -3.55. The maximum atomic E-state index is 12.8. The molecule has 7 heteroatoms. The first-order valence-corrected chi connectivity index (χ1v) is 8.53. The number of sulfonamides is 1. The standard InChI is InChI=1S/C14H20N2O4S/c1-10-7-16(8-13(9-17)20-10)21(18,19)14-3-2-11-5-15-6-12(11)4-14/h2-4,10,13,15,17H,5-9H2,1H3. The Morgan fingerprint density at radius 3 is 2.86 bits per heavy atom. The van der Waals surface area contributed by atoms with Crippen LogP contribution in [0.1, 0.15) is 18.1 Å². The summed E-state index contributed by atoms with van der Waals surface area (Å²) in [5, 5.41) is 12.4. The van der Waals surface area contributed by atoms with Gasteiger partial charge in [0, 0.05) is 26.2 Å². The fourth-order valence-electron chi connectivity index (χ4n) is 2.88. The first kappa shape index (κ1) is 14.9. The lowest BCUT2D eigenvalue weighted by Gasteiger charge is -2.35. The van der Waals surface area contributed by atoms with Crippen LogP contribution in [0.25, 0.3) is 0 Å². The van der Waals surface area contributed by atoms with Gasteiger partial charge in [-0.1, -0.05) is 6.07 Å². The molecule has 0 aromatic heterocycles. The van der Waals surface area contributed by atoms with E-state index in [4.69, 9.17) is 4.74 Å². The highest BCUT2D eigenvalue weighted by molar-refractivity contribution is 7.89. The van der Waals surface area contributed by atoms with E-state index in [9.17, 15) is 13.5 Å². The third kappa shape index (κ3) is 2.84. The summed E-state index contributed by atoms with van der Waals surface area (Å²) < 4.78 is 32.4. The molecule has 1 fully saturated rings. The number of morpholine rings is 1. The Kier molecular flexibility index (Phi) is 4.02. The summed E-state index contributed by atoms with van der Waals surface area (Å²) >= 11 is 0. The zero-order valence-corrected chi connectivity index (χ0v) is 12.8. The number of benzene rings is 1. The number of fused-ring (bicyclic) bond motifs is 1. The van der Waals surface area contributed by atoms with Gasteiger partial charge >= 0.3 is 0 Å². The zero-order valence-electron chi connectivity index (χ0n) is 11.9. The highest BCUT2D eigenvalue weighted by Gasteiger charge is 2.34. The molecule has 3 rings (SSSR count). The van der Waals surface area contributed by atoms with E-state index in [0.717, 1.165) is 17.7 Å². The third-order valence-corrected chi connectivity index (χ3v) is 5.77. The fourth-order valence-corrected chi connectivity index (χ4v) is 4.48. The summed E-state index contributed by atoms with van der Waals surface area (Å²) in [6.07, 6.45) is -0.679. The largest absolute Gasteiger partial charge is 0.394 e. The summed E-state index contributed by atoms with van der Waals surface area (Å²) in [5.41, 5.74) is 2.19. The van der Waals surface area contributed by atoms with Gasteiger partial charge in [-0.25, -0.2) is 8.42 Å². The first-order chi connectivity index (χ1) is 10.0. The van der Waals surface area contributed by atoms with Crippen molar-refractivity contribution in [3.05, 3.63) is 29.3 Å². The number of aliphatic hydroxyl groups is 1. The van der Waals surface area contributed by atoms with Crippen molar-refractivity contribution >= 4 is 10.0 Å². The normalized spacial score (nSPS) is 26.8. The zero-order chi connectivity index (χ0) is 15.0. The quantitative estimate of drug-likeness (QED) is 0.825. The van der Waals surface area contributed by atoms with E-state index in [1.807, 2.05) is 13.0 Å². The Bertz CT molecular complexity index is 632. The van der Waals surface area contributed by atoms with Crippen molar-refractivity contribution in [3.8, 4) is 0 Å². The third-order valence-electron chi connectivity index (χ3n) is 3.94. The van der Waals surface area contributed by atoms with E-state index < -0.39 is 16.1 Å². The molecule has 2 N–H and O–H groups in total. The first-order valence-electron chi connectivity index (χ1n) is 7.09. The summed E-state index contributed by atoms with van der Waals surface area (Å²) in [5.74, 6) is 0. The van der Waals surface area contributed by atoms with Crippen LogP contribution in [0.3, 0.4) is 0 Å². The van der Waals surface area contributed by atoms with Crippen molar-refractivity contribution in [2.45, 2.75) is 37.1 Å². The maximum Gasteiger partial charge on any atom is 0.243 e. The van der Waals surface area contributed by atoms with Crippen LogP contribution in [0, 0.1) is 0 Å². The predicted octanol–water partition coefficient (Wildman–Crippen LogP) is 0.0601. The van der Waals surface area contributed by atoms with Crippen molar-refractivity contribution in [2.24, 2.45) is 0 Å². The van der Waals surface area contributed by atoms with Gasteiger partial charge in [0.15, 0.2) is 0 Å². The van der Waals surface area contributed by atoms with E-state index in [0.29, 0.717) is 18.0 Å². The summed E-state index contributed by atoms with van der Waals surface area (Å²) in [6, 6.07) is 5.28. The Morgan fingerprint density at radius 1 is 1.33 bits per heavy atom. The Balaban J connectivity index is 1.89. The smallest absolute Gasteiger partial charge is 0.243 e. The van der Waals surface area contributed by atoms with Gasteiger partial charge in [0.25, 0.3) is 0 Å². The highest BCUT2D eigenvalue weighted by atomic mass is 32.2. The molecule has 0 saturated carbocycles. The van der Waals surface area contributed by atoms with Gasteiger partial charge in [-0.3, -0.25) is 0 Å². The molecular weight excluding hydrogens is 292 g/mol. The number of rotatable bonds is 3. The maximum absolute atomic E-state index is 12.8. The van der Waals surface area contributed by atoms with E-state index in [-0.39, 0.29) is 19.3 Å². The molecule has 2 heterocycles. The van der Waals surface area contributed by atoms with Crippen molar-refractivity contribution in [1.29, 1.82) is 0 Å². The van der Waals surface area contributed by atoms with Crippen molar-refractivity contribution in [3.63, 3.8) is 0 Å². The number of nitrogens with zero attached hydrogens (tertiary/aromatic N) is 1. The number of hydrogen-bond donors (Lipinski definition) is 2. The van der Waals surface area contributed by atoms with Crippen LogP contribution >= 0.6 is 0 Å². The Morgan fingerprint density at radius 2 is 2.10 bits per heavy atom. The monoisotopic (exact) mass is 312 g/mol. The summed E-state index contributed by atoms with van der Waals surface area (Å²) in [4.78, 5) is 0.315. The van der Waals surface area contributed by atoms with Gasteiger partial charge in [0.1, 0.15) is 0 Å². The van der Waals surface area contributed by atoms with Crippen LogP contribution in [-0.2, 0) is 27.8 Å². The second-order valence-corrected chi connectivity index (χ2v) is 7.55. The average Bonchev–Trinajstić information content (AvgIpc) is 2.93. The van der Waals surface area contributed by atoms with E-state index in [2.05, 4.69) is 5.32 Å². The van der Waals surface area contributed by atoms with Crippen LogP contribution < -0.4 is 5.32 Å². The molecular formula is C14H20N2O4S. The molecule has 2 unspecified atom stereocenters. The molecule has 2 aliphatic heterocycles. The van der Waals surface area contributed by atoms with Crippen molar-refractivity contribution in [2.75, 3.05) is 19.7 Å². The van der Waals surface area contributed by atoms with E-state index in [1.165, 1.54) is 4.31 Å². The molecule has 0 aliphatic carbocycles. The molecule has 1 aromatic carbocycles. The molecule has 21 heavy (non-hydrogen) atoms. The molecule has 0 amide bonds. The fraction of sp³-hybridized carbons (Fsp3) is 0.571. The number of ether oxygens (including phenoxy) is 1. The Hall–Kier alpha value is -0.990. The minimum Gasteiger partial charge on any atom is -0.394 e. The SMILES string of the molecule is CC1CN(S(=O)(=O)c2ccc3c(c2)CNC3)CC(CO)O1. The lowest BCUT2D eigenvalue weighted by molar-refractivity contribution is -0.0750. The number of hydrogen-bond acceptors (Lipinski definition) is 5. The second-order valence-electron chi connectivity index (χ2n) is 5.61. The molecule has 0 spiro atoms. The number of aliphatic hydroxyl groups excluding tert-OH is 1. The van der Waals surface area contributed by atoms with Gasteiger partial charge < -0.3 is 15.2 Å². The van der Waals surface area contributed by atoms with Crippen LogP contribution in [0.2, 0.25) is 0 Å². The molecule has 0 bridgehead atoms. The number of nitrogens with one attached hydrogen (secondary N) is 1. The van der Waals surface area contributed by atoms with Gasteiger partial charge in [-0.15, -0.1) is 0 Å². The molecule has 0 radical (unpaired) electrons. The van der Waals surface area contributed by atoms with Crippen LogP contribution in [0.15, 0.2) is 23.1 Å². The molecule has 1 aromatic rings. The van der Waals surface area contributed by atoms with Gasteiger partial charge in [-0.2, -0.15) is 4.31 Å². The van der Waals surface area contributed by atoms with E-state index in [1.54, 1.807) is 12.1 Å². The highest BCUT2D eigenvalue weighted by Crippen LogP contribution is 2.25. The van der Waals surface area contributed by atoms with E-state index >= 15 is 0 Å². The minimum atomic E-state index is -3.55. The topological polar surface area (TPSA) is 78.9 Å². The van der Waals surface area contributed by atoms with Crippen molar-refractivity contribution in [1.82, 2.24) is 9.62 Å². The minimum absolute atomic E-state index is 0.176. The lowest BCUT2D eigenvalue weighted by Crippen LogP contribution is -2.50. The molecule has 2 aliphatic rings. The second kappa shape index (κ2) is 5.66. The van der Waals surface area contributed by atoms with Crippen molar-refractivity contribution < 1.29 is 18.3 Å². The lowest BCUT2D eigenvalue weighted by atomic mass is 10.1. The predicted molar refractivity (Wildman–Crippen MR) is 77.2 cm³/mol. The van der Waals surface area contributed by atoms with Gasteiger partial charge in [0.05, 0.1) is 23.7 Å². The van der Waals surface area contributed by atoms with Gasteiger partial charge in [-0.05, 0) is 30.2 Å².